The number of aromatic nitrogens is 2. The Morgan fingerprint density at radius 1 is 1.29 bits per heavy atom. The molecule has 0 spiro atoms. The van der Waals surface area contributed by atoms with Gasteiger partial charge in [0, 0.05) is 6.54 Å². The number of rotatable bonds is 2. The molecule has 4 nitrogen and oxygen atoms in total. The summed E-state index contributed by atoms with van der Waals surface area (Å²) in [6.07, 6.45) is 5.36. The molecule has 0 saturated heterocycles. The third-order valence-electron chi connectivity index (χ3n) is 3.25. The van der Waals surface area contributed by atoms with Gasteiger partial charge in [-0.1, -0.05) is 30.9 Å². The molecule has 0 aliphatic heterocycles. The van der Waals surface area contributed by atoms with Crippen molar-refractivity contribution in [1.29, 1.82) is 0 Å². The standard InChI is InChI=1S/C11H14ClFN2O2/c12-9-8(13)10(16)15(11(17)14-9)6-7-4-2-1-3-5-7/h7H,1-6H2,(H,14,17). The minimum atomic E-state index is -1.08. The van der Waals surface area contributed by atoms with Gasteiger partial charge >= 0.3 is 5.69 Å². The first kappa shape index (κ1) is 12.4. The van der Waals surface area contributed by atoms with Crippen LogP contribution in [0.15, 0.2) is 9.59 Å². The molecule has 1 aromatic heterocycles. The highest BCUT2D eigenvalue weighted by Gasteiger charge is 2.18. The normalized spacial score (nSPS) is 17.3. The molecule has 1 heterocycles. The van der Waals surface area contributed by atoms with E-state index in [4.69, 9.17) is 11.6 Å². The van der Waals surface area contributed by atoms with Crippen LogP contribution in [0.3, 0.4) is 0 Å². The van der Waals surface area contributed by atoms with E-state index in [0.717, 1.165) is 30.3 Å². The quantitative estimate of drug-likeness (QED) is 0.826. The summed E-state index contributed by atoms with van der Waals surface area (Å²) in [4.78, 5) is 25.2. The van der Waals surface area contributed by atoms with Crippen LogP contribution >= 0.6 is 11.6 Å². The minimum absolute atomic E-state index is 0.280. The topological polar surface area (TPSA) is 54.9 Å². The first-order valence-corrected chi connectivity index (χ1v) is 6.15. The molecule has 2 rings (SSSR count). The molecule has 0 radical (unpaired) electrons. The van der Waals surface area contributed by atoms with Crippen LogP contribution in [0.1, 0.15) is 32.1 Å². The van der Waals surface area contributed by atoms with Crippen molar-refractivity contribution in [1.82, 2.24) is 9.55 Å². The van der Waals surface area contributed by atoms with Gasteiger partial charge in [-0.15, -0.1) is 0 Å². The van der Waals surface area contributed by atoms with Gasteiger partial charge in [0.15, 0.2) is 5.15 Å². The molecule has 0 amide bonds. The smallest absolute Gasteiger partial charge is 0.295 e. The van der Waals surface area contributed by atoms with Crippen molar-refractivity contribution < 1.29 is 4.39 Å². The van der Waals surface area contributed by atoms with Crippen LogP contribution in [0.25, 0.3) is 0 Å². The number of nitrogens with zero attached hydrogens (tertiary/aromatic N) is 1. The first-order chi connectivity index (χ1) is 8.09. The van der Waals surface area contributed by atoms with Crippen molar-refractivity contribution in [3.8, 4) is 0 Å². The number of nitrogens with one attached hydrogen (secondary N) is 1. The molecule has 1 saturated carbocycles. The fraction of sp³-hybridized carbons (Fsp3) is 0.636. The van der Waals surface area contributed by atoms with Crippen LogP contribution in [0.4, 0.5) is 4.39 Å². The molecule has 0 unspecified atom stereocenters. The second kappa shape index (κ2) is 5.04. The maximum atomic E-state index is 13.3. The van der Waals surface area contributed by atoms with Crippen molar-refractivity contribution >= 4 is 11.6 Å². The van der Waals surface area contributed by atoms with Crippen LogP contribution in [-0.2, 0) is 6.54 Å². The lowest BCUT2D eigenvalue weighted by atomic mass is 9.89. The predicted molar refractivity (Wildman–Crippen MR) is 62.9 cm³/mol. The van der Waals surface area contributed by atoms with E-state index in [-0.39, 0.29) is 12.5 Å². The highest BCUT2D eigenvalue weighted by molar-refractivity contribution is 6.29. The fourth-order valence-electron chi connectivity index (χ4n) is 2.31. The monoisotopic (exact) mass is 260 g/mol. The number of aromatic amines is 1. The highest BCUT2D eigenvalue weighted by atomic mass is 35.5. The van der Waals surface area contributed by atoms with Crippen LogP contribution in [0, 0.1) is 11.7 Å². The Morgan fingerprint density at radius 3 is 2.59 bits per heavy atom. The molecule has 1 fully saturated rings. The van der Waals surface area contributed by atoms with Crippen molar-refractivity contribution in [2.45, 2.75) is 38.6 Å². The average Bonchev–Trinajstić information content (AvgIpc) is 2.33. The van der Waals surface area contributed by atoms with E-state index in [1.54, 1.807) is 0 Å². The second-order valence-electron chi connectivity index (χ2n) is 4.48. The summed E-state index contributed by atoms with van der Waals surface area (Å²) in [5.41, 5.74) is -1.56. The van der Waals surface area contributed by atoms with Gasteiger partial charge in [-0.2, -0.15) is 4.39 Å². The number of hydrogen-bond acceptors (Lipinski definition) is 2. The lowest BCUT2D eigenvalue weighted by Crippen LogP contribution is -2.39. The van der Waals surface area contributed by atoms with Gasteiger partial charge in [-0.25, -0.2) is 4.79 Å². The summed E-state index contributed by atoms with van der Waals surface area (Å²) in [6.45, 7) is 0.280. The molecule has 1 aromatic rings. The summed E-state index contributed by atoms with van der Waals surface area (Å²) in [7, 11) is 0. The third kappa shape index (κ3) is 2.60. The Kier molecular flexibility index (Phi) is 3.66. The molecule has 94 valence electrons. The largest absolute Gasteiger partial charge is 0.329 e. The van der Waals surface area contributed by atoms with Crippen molar-refractivity contribution in [2.24, 2.45) is 5.92 Å². The van der Waals surface area contributed by atoms with Gasteiger partial charge in [-0.3, -0.25) is 14.3 Å². The van der Waals surface area contributed by atoms with E-state index in [2.05, 4.69) is 4.98 Å². The third-order valence-corrected chi connectivity index (χ3v) is 3.51. The van der Waals surface area contributed by atoms with E-state index >= 15 is 0 Å². The maximum Gasteiger partial charge on any atom is 0.329 e. The zero-order chi connectivity index (χ0) is 12.4. The molecule has 0 atom stereocenters. The van der Waals surface area contributed by atoms with Gasteiger partial charge < -0.3 is 0 Å². The minimum Gasteiger partial charge on any atom is -0.295 e. The van der Waals surface area contributed by atoms with Crippen molar-refractivity contribution in [2.75, 3.05) is 0 Å². The number of halogens is 2. The van der Waals surface area contributed by atoms with Crippen LogP contribution in [-0.4, -0.2) is 9.55 Å². The Balaban J connectivity index is 2.29. The Hall–Kier alpha value is -1.10. The molecule has 17 heavy (non-hydrogen) atoms. The van der Waals surface area contributed by atoms with E-state index in [0.29, 0.717) is 0 Å². The number of H-pyrrole nitrogens is 1. The van der Waals surface area contributed by atoms with Crippen LogP contribution in [0.5, 0.6) is 0 Å². The van der Waals surface area contributed by atoms with Crippen molar-refractivity contribution in [3.05, 3.63) is 31.8 Å². The van der Waals surface area contributed by atoms with E-state index in [9.17, 15) is 14.0 Å². The molecule has 1 aliphatic carbocycles. The maximum absolute atomic E-state index is 13.3. The number of hydrogen-bond donors (Lipinski definition) is 1. The van der Waals surface area contributed by atoms with Crippen molar-refractivity contribution in [3.63, 3.8) is 0 Å². The molecule has 1 N–H and O–H groups in total. The fourth-order valence-corrected chi connectivity index (χ4v) is 2.48. The Bertz CT molecular complexity index is 517. The zero-order valence-electron chi connectivity index (χ0n) is 9.34. The van der Waals surface area contributed by atoms with E-state index in [1.807, 2.05) is 0 Å². The average molecular weight is 261 g/mol. The van der Waals surface area contributed by atoms with Crippen LogP contribution < -0.4 is 11.2 Å². The predicted octanol–water partition coefficient (Wildman–Crippen LogP) is 1.91. The molecule has 0 aromatic carbocycles. The summed E-state index contributed by atoms with van der Waals surface area (Å²) >= 11 is 5.39. The van der Waals surface area contributed by atoms with Crippen LogP contribution in [0.2, 0.25) is 5.15 Å². The van der Waals surface area contributed by atoms with Gasteiger partial charge in [0.25, 0.3) is 5.56 Å². The summed E-state index contributed by atoms with van der Waals surface area (Å²) < 4.78 is 14.2. The Morgan fingerprint density at radius 2 is 1.94 bits per heavy atom. The molecule has 0 bridgehead atoms. The van der Waals surface area contributed by atoms with Gasteiger partial charge in [-0.05, 0) is 18.8 Å². The highest BCUT2D eigenvalue weighted by Crippen LogP contribution is 2.24. The molecule has 1 aliphatic rings. The van der Waals surface area contributed by atoms with E-state index in [1.165, 1.54) is 6.42 Å². The molecular formula is C11H14ClFN2O2. The summed E-state index contributed by atoms with van der Waals surface area (Å²) in [5.74, 6) is -0.801. The summed E-state index contributed by atoms with van der Waals surface area (Å²) in [6, 6.07) is 0. The zero-order valence-corrected chi connectivity index (χ0v) is 10.1. The summed E-state index contributed by atoms with van der Waals surface area (Å²) in [5, 5.41) is -0.514. The Labute approximate surface area is 102 Å². The van der Waals surface area contributed by atoms with Gasteiger partial charge in [0.2, 0.25) is 5.82 Å². The molecular weight excluding hydrogens is 247 g/mol. The molecule has 6 heteroatoms. The van der Waals surface area contributed by atoms with E-state index < -0.39 is 22.2 Å². The van der Waals surface area contributed by atoms with Gasteiger partial charge in [0.1, 0.15) is 0 Å². The lowest BCUT2D eigenvalue weighted by Gasteiger charge is -2.21. The lowest BCUT2D eigenvalue weighted by molar-refractivity contribution is 0.308. The SMILES string of the molecule is O=c1[nH]c(Cl)c(F)c(=O)n1CC1CCCCC1. The second-order valence-corrected chi connectivity index (χ2v) is 4.86. The first-order valence-electron chi connectivity index (χ1n) is 5.77. The van der Waals surface area contributed by atoms with Gasteiger partial charge in [0.05, 0.1) is 0 Å².